The molecule has 31 heavy (non-hydrogen) atoms. The normalized spacial score (nSPS) is 19.8. The highest BCUT2D eigenvalue weighted by Gasteiger charge is 2.51. The number of carbonyl (C=O) groups is 2. The van der Waals surface area contributed by atoms with Crippen LogP contribution in [0.1, 0.15) is 25.8 Å². The molecule has 2 aliphatic rings. The van der Waals surface area contributed by atoms with Crippen molar-refractivity contribution >= 4 is 17.6 Å². The molecule has 0 N–H and O–H groups in total. The average molecular weight is 418 g/mol. The Balaban J connectivity index is 1.59. The van der Waals surface area contributed by atoms with Crippen molar-refractivity contribution in [1.29, 1.82) is 0 Å². The Labute approximate surface area is 182 Å². The van der Waals surface area contributed by atoms with Crippen molar-refractivity contribution in [2.45, 2.75) is 38.5 Å². The minimum atomic E-state index is -0.988. The fourth-order valence-corrected chi connectivity index (χ4v) is 3.79. The van der Waals surface area contributed by atoms with Crippen molar-refractivity contribution in [3.63, 3.8) is 0 Å². The molecule has 0 aromatic heterocycles. The van der Waals surface area contributed by atoms with E-state index in [4.69, 9.17) is 9.47 Å². The monoisotopic (exact) mass is 418 g/mol. The summed E-state index contributed by atoms with van der Waals surface area (Å²) in [7, 11) is 1.57. The van der Waals surface area contributed by atoms with Gasteiger partial charge in [0.15, 0.2) is 0 Å². The summed E-state index contributed by atoms with van der Waals surface area (Å²) in [4.78, 5) is 29.3. The number of amides is 3. The largest absolute Gasteiger partial charge is 0.497 e. The van der Waals surface area contributed by atoms with Gasteiger partial charge in [-0.1, -0.05) is 36.4 Å². The maximum atomic E-state index is 13.3. The number of imide groups is 1. The van der Waals surface area contributed by atoms with Crippen LogP contribution in [0.2, 0.25) is 0 Å². The van der Waals surface area contributed by atoms with E-state index in [1.54, 1.807) is 50.1 Å². The quantitative estimate of drug-likeness (QED) is 0.638. The van der Waals surface area contributed by atoms with Gasteiger partial charge in [0, 0.05) is 12.0 Å². The molecule has 2 aromatic carbocycles. The maximum absolute atomic E-state index is 13.3. The molecule has 3 amide bonds. The van der Waals surface area contributed by atoms with Crippen molar-refractivity contribution in [2.75, 3.05) is 12.0 Å². The molecule has 6 heteroatoms. The zero-order valence-corrected chi connectivity index (χ0v) is 17.9. The molecule has 160 valence electrons. The fraction of sp³-hybridized carbons (Fsp3) is 0.280. The van der Waals surface area contributed by atoms with Gasteiger partial charge in [-0.15, -0.1) is 0 Å². The van der Waals surface area contributed by atoms with Crippen LogP contribution in [-0.2, 0) is 11.3 Å². The second-order valence-corrected chi connectivity index (χ2v) is 8.08. The minimum absolute atomic E-state index is 0.0501. The van der Waals surface area contributed by atoms with Crippen LogP contribution < -0.4 is 14.4 Å². The molecule has 1 aliphatic carbocycles. The first-order valence-electron chi connectivity index (χ1n) is 10.3. The number of carbonyl (C=O) groups excluding carboxylic acids is 2. The van der Waals surface area contributed by atoms with E-state index in [0.717, 1.165) is 12.0 Å². The van der Waals surface area contributed by atoms with E-state index in [2.05, 4.69) is 6.08 Å². The first-order valence-corrected chi connectivity index (χ1v) is 10.3. The number of hydrogen-bond acceptors (Lipinski definition) is 4. The summed E-state index contributed by atoms with van der Waals surface area (Å²) >= 11 is 0. The summed E-state index contributed by atoms with van der Waals surface area (Å²) in [5.41, 5.74) is 0.392. The van der Waals surface area contributed by atoms with Crippen LogP contribution in [0.3, 0.4) is 0 Å². The Hall–Kier alpha value is -3.54. The second-order valence-electron chi connectivity index (χ2n) is 8.08. The van der Waals surface area contributed by atoms with Gasteiger partial charge in [-0.25, -0.2) is 9.69 Å². The van der Waals surface area contributed by atoms with E-state index >= 15 is 0 Å². The number of para-hydroxylation sites is 1. The minimum Gasteiger partial charge on any atom is -0.497 e. The van der Waals surface area contributed by atoms with E-state index in [1.165, 1.54) is 4.90 Å². The lowest BCUT2D eigenvalue weighted by Crippen LogP contribution is -2.43. The first-order chi connectivity index (χ1) is 14.9. The number of allylic oxidation sites excluding steroid dienone is 2. The average Bonchev–Trinajstić information content (AvgIpc) is 2.95. The number of ether oxygens (including phenoxy) is 2. The maximum Gasteiger partial charge on any atom is 0.332 e. The van der Waals surface area contributed by atoms with Crippen LogP contribution in [0.4, 0.5) is 10.5 Å². The molecule has 0 saturated carbocycles. The molecule has 1 unspecified atom stereocenters. The van der Waals surface area contributed by atoms with E-state index in [0.29, 0.717) is 17.2 Å². The third kappa shape index (κ3) is 3.93. The van der Waals surface area contributed by atoms with Crippen LogP contribution >= 0.6 is 0 Å². The van der Waals surface area contributed by atoms with Crippen LogP contribution in [-0.4, -0.2) is 35.6 Å². The standard InChI is InChI=1S/C25H26N2O4/c1-25(2)23(28)27(19-13-15-20(30-3)16-14-19)24(29)26(25)17-18-9-7-8-12-22(18)31-21-10-5-4-6-11-21/h4-10,12-16,21H,11,17H2,1-3H3. The van der Waals surface area contributed by atoms with Crippen LogP contribution in [0.5, 0.6) is 11.5 Å². The van der Waals surface area contributed by atoms with Crippen molar-refractivity contribution in [1.82, 2.24) is 4.90 Å². The summed E-state index contributed by atoms with van der Waals surface area (Å²) in [5, 5.41) is 0. The van der Waals surface area contributed by atoms with Crippen LogP contribution in [0.15, 0.2) is 72.8 Å². The van der Waals surface area contributed by atoms with Gasteiger partial charge in [-0.05, 0) is 50.3 Å². The fourth-order valence-electron chi connectivity index (χ4n) is 3.79. The molecular formula is C25H26N2O4. The van der Waals surface area contributed by atoms with Gasteiger partial charge in [0.05, 0.1) is 19.3 Å². The molecule has 0 spiro atoms. The van der Waals surface area contributed by atoms with Gasteiger partial charge >= 0.3 is 6.03 Å². The van der Waals surface area contributed by atoms with Crippen molar-refractivity contribution in [3.05, 3.63) is 78.4 Å². The molecule has 1 saturated heterocycles. The molecule has 1 fully saturated rings. The third-order valence-electron chi connectivity index (χ3n) is 5.67. The summed E-state index contributed by atoms with van der Waals surface area (Å²) in [6.45, 7) is 3.82. The first kappa shape index (κ1) is 20.7. The Morgan fingerprint density at radius 2 is 1.77 bits per heavy atom. The molecule has 0 radical (unpaired) electrons. The lowest BCUT2D eigenvalue weighted by Gasteiger charge is -2.29. The Morgan fingerprint density at radius 1 is 1.03 bits per heavy atom. The van der Waals surface area contributed by atoms with Gasteiger partial charge in [0.2, 0.25) is 0 Å². The predicted octanol–water partition coefficient (Wildman–Crippen LogP) is 4.71. The highest BCUT2D eigenvalue weighted by atomic mass is 16.5. The lowest BCUT2D eigenvalue weighted by atomic mass is 10.0. The molecule has 1 atom stereocenters. The molecule has 1 aliphatic heterocycles. The van der Waals surface area contributed by atoms with Crippen LogP contribution in [0.25, 0.3) is 0 Å². The smallest absolute Gasteiger partial charge is 0.332 e. The van der Waals surface area contributed by atoms with Crippen molar-refractivity contribution < 1.29 is 19.1 Å². The summed E-state index contributed by atoms with van der Waals surface area (Å²) in [6, 6.07) is 14.2. The van der Waals surface area contributed by atoms with Gasteiger partial charge in [-0.2, -0.15) is 0 Å². The zero-order chi connectivity index (χ0) is 22.0. The number of hydrogen-bond donors (Lipinski definition) is 0. The van der Waals surface area contributed by atoms with Crippen LogP contribution in [0, 0.1) is 0 Å². The van der Waals surface area contributed by atoms with E-state index in [9.17, 15) is 9.59 Å². The number of rotatable bonds is 6. The van der Waals surface area contributed by atoms with Gasteiger partial charge in [0.25, 0.3) is 5.91 Å². The number of benzene rings is 2. The predicted molar refractivity (Wildman–Crippen MR) is 119 cm³/mol. The summed E-state index contributed by atoms with van der Waals surface area (Å²) in [5.74, 6) is 1.12. The highest BCUT2D eigenvalue weighted by molar-refractivity contribution is 6.22. The Bertz CT molecular complexity index is 1040. The zero-order valence-electron chi connectivity index (χ0n) is 17.9. The summed E-state index contributed by atoms with van der Waals surface area (Å²) < 4.78 is 11.4. The Kier molecular flexibility index (Phi) is 5.55. The summed E-state index contributed by atoms with van der Waals surface area (Å²) in [6.07, 6.45) is 8.78. The molecule has 0 bridgehead atoms. The number of nitrogens with zero attached hydrogens (tertiary/aromatic N) is 2. The highest BCUT2D eigenvalue weighted by Crippen LogP contribution is 2.35. The third-order valence-corrected chi connectivity index (χ3v) is 5.67. The van der Waals surface area contributed by atoms with Gasteiger partial charge in [-0.3, -0.25) is 4.79 Å². The molecular weight excluding hydrogens is 392 g/mol. The van der Waals surface area contributed by atoms with Crippen molar-refractivity contribution in [3.8, 4) is 11.5 Å². The lowest BCUT2D eigenvalue weighted by molar-refractivity contribution is -0.123. The Morgan fingerprint density at radius 3 is 2.45 bits per heavy atom. The molecule has 6 nitrogen and oxygen atoms in total. The molecule has 1 heterocycles. The number of anilines is 1. The van der Waals surface area contributed by atoms with Crippen molar-refractivity contribution in [2.24, 2.45) is 0 Å². The molecule has 4 rings (SSSR count). The topological polar surface area (TPSA) is 59.1 Å². The van der Waals surface area contributed by atoms with E-state index in [-0.39, 0.29) is 24.6 Å². The number of urea groups is 1. The van der Waals surface area contributed by atoms with Gasteiger partial charge in [0.1, 0.15) is 23.1 Å². The SMILES string of the molecule is COc1ccc(N2C(=O)N(Cc3ccccc3OC3C=CC=CC3)C(C)(C)C2=O)cc1. The van der Waals surface area contributed by atoms with E-state index in [1.807, 2.05) is 42.5 Å². The number of methoxy groups -OCH3 is 1. The second kappa shape index (κ2) is 8.30. The molecule has 2 aromatic rings. The van der Waals surface area contributed by atoms with E-state index < -0.39 is 5.54 Å². The van der Waals surface area contributed by atoms with Gasteiger partial charge < -0.3 is 14.4 Å².